The quantitative estimate of drug-likeness (QED) is 0.817. The highest BCUT2D eigenvalue weighted by molar-refractivity contribution is 7.89. The van der Waals surface area contributed by atoms with E-state index in [9.17, 15) is 26.4 Å². The predicted octanol–water partition coefficient (Wildman–Crippen LogP) is 1.05. The molecule has 0 aromatic heterocycles. The molecule has 1 aromatic carbocycles. The molecule has 1 aliphatic rings. The van der Waals surface area contributed by atoms with Crippen molar-refractivity contribution in [3.63, 3.8) is 0 Å². The zero-order chi connectivity index (χ0) is 15.6. The molecule has 1 aromatic rings. The van der Waals surface area contributed by atoms with E-state index in [0.717, 1.165) is 0 Å². The standard InChI is InChI=1S/C12H13F3N2O3S/c13-7-4-5-9(11(15)10(7)14)21(19,20)17-8-3-1-2-6-16-12(8)18/h4-5,8,17H,1-3,6H2,(H,16,18). The van der Waals surface area contributed by atoms with Crippen molar-refractivity contribution >= 4 is 15.9 Å². The number of nitrogens with one attached hydrogen (secondary N) is 2. The average Bonchev–Trinajstić information content (AvgIpc) is 2.61. The van der Waals surface area contributed by atoms with E-state index >= 15 is 0 Å². The van der Waals surface area contributed by atoms with Crippen LogP contribution in [0, 0.1) is 17.5 Å². The number of hydrogen-bond acceptors (Lipinski definition) is 3. The summed E-state index contributed by atoms with van der Waals surface area (Å²) in [5.74, 6) is -5.70. The first-order chi connectivity index (χ1) is 9.83. The first-order valence-electron chi connectivity index (χ1n) is 6.26. The van der Waals surface area contributed by atoms with Crippen molar-refractivity contribution in [2.75, 3.05) is 6.54 Å². The van der Waals surface area contributed by atoms with Gasteiger partial charge >= 0.3 is 0 Å². The first-order valence-corrected chi connectivity index (χ1v) is 7.75. The molecule has 1 atom stereocenters. The zero-order valence-corrected chi connectivity index (χ0v) is 11.6. The number of sulfonamides is 1. The lowest BCUT2D eigenvalue weighted by Gasteiger charge is -2.15. The summed E-state index contributed by atoms with van der Waals surface area (Å²) in [5.41, 5.74) is 0. The Labute approximate surface area is 119 Å². The third-order valence-electron chi connectivity index (χ3n) is 3.12. The van der Waals surface area contributed by atoms with Crippen LogP contribution < -0.4 is 10.0 Å². The molecular formula is C12H13F3N2O3S. The highest BCUT2D eigenvalue weighted by Gasteiger charge is 2.30. The molecule has 21 heavy (non-hydrogen) atoms. The summed E-state index contributed by atoms with van der Waals surface area (Å²) in [6, 6.07) is 0.0650. The molecule has 1 heterocycles. The SMILES string of the molecule is O=C1NCCCCC1NS(=O)(=O)c1ccc(F)c(F)c1F. The Morgan fingerprint density at radius 1 is 1.14 bits per heavy atom. The summed E-state index contributed by atoms with van der Waals surface area (Å²) < 4.78 is 65.6. The monoisotopic (exact) mass is 322 g/mol. The van der Waals surface area contributed by atoms with Gasteiger partial charge < -0.3 is 5.32 Å². The summed E-state index contributed by atoms with van der Waals surface area (Å²) in [7, 11) is -4.47. The van der Waals surface area contributed by atoms with E-state index < -0.39 is 44.3 Å². The lowest BCUT2D eigenvalue weighted by molar-refractivity contribution is -0.122. The van der Waals surface area contributed by atoms with Crippen LogP contribution in [0.5, 0.6) is 0 Å². The van der Waals surface area contributed by atoms with E-state index in [1.807, 2.05) is 4.72 Å². The lowest BCUT2D eigenvalue weighted by atomic mass is 10.1. The topological polar surface area (TPSA) is 75.3 Å². The number of benzene rings is 1. The van der Waals surface area contributed by atoms with Gasteiger partial charge in [-0.2, -0.15) is 4.72 Å². The highest BCUT2D eigenvalue weighted by Crippen LogP contribution is 2.20. The van der Waals surface area contributed by atoms with Crippen molar-refractivity contribution in [2.24, 2.45) is 0 Å². The summed E-state index contributed by atoms with van der Waals surface area (Å²) in [4.78, 5) is 10.6. The summed E-state index contributed by atoms with van der Waals surface area (Å²) >= 11 is 0. The van der Waals surface area contributed by atoms with Gasteiger partial charge in [0.25, 0.3) is 0 Å². The van der Waals surface area contributed by atoms with E-state index in [1.54, 1.807) is 0 Å². The number of carbonyl (C=O) groups is 1. The number of halogens is 3. The molecule has 0 radical (unpaired) electrons. The molecule has 1 aliphatic heterocycles. The molecule has 1 fully saturated rings. The fraction of sp³-hybridized carbons (Fsp3) is 0.417. The second-order valence-corrected chi connectivity index (χ2v) is 6.32. The molecule has 1 unspecified atom stereocenters. The Kier molecular flexibility index (Phi) is 4.52. The van der Waals surface area contributed by atoms with Gasteiger partial charge in [-0.1, -0.05) is 0 Å². The van der Waals surface area contributed by atoms with Gasteiger partial charge in [0.2, 0.25) is 15.9 Å². The van der Waals surface area contributed by atoms with Crippen LogP contribution >= 0.6 is 0 Å². The fourth-order valence-electron chi connectivity index (χ4n) is 2.02. The van der Waals surface area contributed by atoms with Gasteiger partial charge in [0, 0.05) is 6.54 Å². The van der Waals surface area contributed by atoms with Crippen LogP contribution in [0.3, 0.4) is 0 Å². The molecule has 2 rings (SSSR count). The Bertz CT molecular complexity index is 664. The van der Waals surface area contributed by atoms with E-state index in [2.05, 4.69) is 5.32 Å². The maximum Gasteiger partial charge on any atom is 0.244 e. The third-order valence-corrected chi connectivity index (χ3v) is 4.61. The van der Waals surface area contributed by atoms with Crippen LogP contribution in [0.2, 0.25) is 0 Å². The van der Waals surface area contributed by atoms with Crippen LogP contribution in [-0.4, -0.2) is 26.9 Å². The zero-order valence-electron chi connectivity index (χ0n) is 10.8. The molecule has 0 aliphatic carbocycles. The molecule has 5 nitrogen and oxygen atoms in total. The molecule has 1 saturated heterocycles. The predicted molar refractivity (Wildman–Crippen MR) is 67.3 cm³/mol. The van der Waals surface area contributed by atoms with Gasteiger partial charge in [-0.3, -0.25) is 4.79 Å². The molecular weight excluding hydrogens is 309 g/mol. The van der Waals surface area contributed by atoms with Gasteiger partial charge in [0.15, 0.2) is 17.5 Å². The van der Waals surface area contributed by atoms with E-state index in [1.165, 1.54) is 0 Å². The second kappa shape index (κ2) is 6.02. The maximum atomic E-state index is 13.6. The van der Waals surface area contributed by atoms with Crippen LogP contribution in [-0.2, 0) is 14.8 Å². The maximum absolute atomic E-state index is 13.6. The Morgan fingerprint density at radius 2 is 1.86 bits per heavy atom. The molecule has 0 saturated carbocycles. The molecule has 1 amide bonds. The highest BCUT2D eigenvalue weighted by atomic mass is 32.2. The lowest BCUT2D eigenvalue weighted by Crippen LogP contribution is -2.45. The van der Waals surface area contributed by atoms with Crippen molar-refractivity contribution in [1.82, 2.24) is 10.0 Å². The molecule has 9 heteroatoms. The number of carbonyl (C=O) groups excluding carboxylic acids is 1. The number of hydrogen-bond donors (Lipinski definition) is 2. The normalized spacial score (nSPS) is 20.0. The van der Waals surface area contributed by atoms with Crippen LogP contribution in [0.1, 0.15) is 19.3 Å². The van der Waals surface area contributed by atoms with Crippen molar-refractivity contribution in [3.05, 3.63) is 29.6 Å². The van der Waals surface area contributed by atoms with Gasteiger partial charge in [-0.15, -0.1) is 0 Å². The first kappa shape index (κ1) is 15.8. The largest absolute Gasteiger partial charge is 0.355 e. The smallest absolute Gasteiger partial charge is 0.244 e. The van der Waals surface area contributed by atoms with Crippen LogP contribution in [0.25, 0.3) is 0 Å². The van der Waals surface area contributed by atoms with Gasteiger partial charge in [0.1, 0.15) is 10.9 Å². The summed E-state index contributed by atoms with van der Waals surface area (Å²) in [6.45, 7) is 0.427. The van der Waals surface area contributed by atoms with Gasteiger partial charge in [-0.25, -0.2) is 21.6 Å². The third kappa shape index (κ3) is 3.35. The minimum Gasteiger partial charge on any atom is -0.355 e. The van der Waals surface area contributed by atoms with Crippen molar-refractivity contribution < 1.29 is 26.4 Å². The van der Waals surface area contributed by atoms with E-state index in [0.29, 0.717) is 31.5 Å². The minimum atomic E-state index is -4.47. The molecule has 2 N–H and O–H groups in total. The van der Waals surface area contributed by atoms with Gasteiger partial charge in [-0.05, 0) is 31.4 Å². The van der Waals surface area contributed by atoms with E-state index in [4.69, 9.17) is 0 Å². The van der Waals surface area contributed by atoms with Crippen molar-refractivity contribution in [2.45, 2.75) is 30.2 Å². The Morgan fingerprint density at radius 3 is 2.57 bits per heavy atom. The van der Waals surface area contributed by atoms with Crippen LogP contribution in [0.15, 0.2) is 17.0 Å². The Balaban J connectivity index is 2.30. The average molecular weight is 322 g/mol. The van der Waals surface area contributed by atoms with Gasteiger partial charge in [0.05, 0.1) is 0 Å². The number of amides is 1. The number of rotatable bonds is 3. The minimum absolute atomic E-state index is 0.246. The summed E-state index contributed by atoms with van der Waals surface area (Å²) in [5, 5.41) is 2.51. The molecule has 116 valence electrons. The van der Waals surface area contributed by atoms with Crippen LogP contribution in [0.4, 0.5) is 13.2 Å². The Hall–Kier alpha value is -1.61. The van der Waals surface area contributed by atoms with E-state index in [-0.39, 0.29) is 6.42 Å². The van der Waals surface area contributed by atoms with Crippen molar-refractivity contribution in [1.29, 1.82) is 0 Å². The van der Waals surface area contributed by atoms with Crippen molar-refractivity contribution in [3.8, 4) is 0 Å². The molecule has 0 spiro atoms. The second-order valence-electron chi connectivity index (χ2n) is 4.63. The molecule has 0 bridgehead atoms. The fourth-order valence-corrected chi connectivity index (χ4v) is 3.32. The summed E-state index contributed by atoms with van der Waals surface area (Å²) in [6.07, 6.45) is 1.55.